The minimum atomic E-state index is 0.505. The quantitative estimate of drug-likeness (QED) is 0.450. The zero-order valence-corrected chi connectivity index (χ0v) is 4.29. The summed E-state index contributed by atoms with van der Waals surface area (Å²) in [6.07, 6.45) is 5.81. The lowest BCUT2D eigenvalue weighted by Gasteiger charge is -1.89. The molecule has 0 saturated heterocycles. The average Bonchev–Trinajstić information content (AvgIpc) is 2.15. The Kier molecular flexibility index (Phi) is 0.592. The van der Waals surface area contributed by atoms with Crippen LogP contribution in [0.5, 0.6) is 0 Å². The van der Waals surface area contributed by atoms with Crippen LogP contribution in [0.15, 0.2) is 29.0 Å². The van der Waals surface area contributed by atoms with E-state index in [0.29, 0.717) is 6.73 Å². The maximum Gasteiger partial charge on any atom is 0.180 e. The second kappa shape index (κ2) is 1.22. The third-order valence-electron chi connectivity index (χ3n) is 1.21. The van der Waals surface area contributed by atoms with E-state index in [0.717, 1.165) is 11.5 Å². The molecule has 1 aliphatic heterocycles. The maximum absolute atomic E-state index is 5.07. The van der Waals surface area contributed by atoms with Gasteiger partial charge in [-0.15, -0.1) is 0 Å². The maximum atomic E-state index is 5.07. The Balaban J connectivity index is 2.49. The molecule has 0 bridgehead atoms. The number of fused-ring (bicyclic) bond motifs is 1. The Labute approximate surface area is 47.2 Å². The minimum absolute atomic E-state index is 0.505. The lowest BCUT2D eigenvalue weighted by Crippen LogP contribution is -1.87. The van der Waals surface area contributed by atoms with Crippen LogP contribution in [-0.2, 0) is 4.74 Å². The molecule has 0 fully saturated rings. The third kappa shape index (κ3) is 0.346. The Bertz CT molecular complexity index is 201. The van der Waals surface area contributed by atoms with Crippen molar-refractivity contribution in [3.05, 3.63) is 24.0 Å². The van der Waals surface area contributed by atoms with Gasteiger partial charge in [-0.25, -0.2) is 4.99 Å². The van der Waals surface area contributed by atoms with E-state index in [-0.39, 0.29) is 0 Å². The molecular formula is C6H5NO. The van der Waals surface area contributed by atoms with Crippen molar-refractivity contribution in [2.24, 2.45) is 4.99 Å². The van der Waals surface area contributed by atoms with Crippen molar-refractivity contribution in [1.82, 2.24) is 0 Å². The first kappa shape index (κ1) is 3.89. The molecule has 0 spiro atoms. The second-order valence-corrected chi connectivity index (χ2v) is 1.71. The Morgan fingerprint density at radius 1 is 1.62 bits per heavy atom. The molecular weight excluding hydrogens is 102 g/mol. The van der Waals surface area contributed by atoms with Crippen molar-refractivity contribution < 1.29 is 4.74 Å². The molecule has 2 aliphatic rings. The molecule has 0 aromatic carbocycles. The molecule has 2 nitrogen and oxygen atoms in total. The summed E-state index contributed by atoms with van der Waals surface area (Å²) in [7, 11) is 0. The van der Waals surface area contributed by atoms with Gasteiger partial charge in [0.2, 0.25) is 0 Å². The normalized spacial score (nSPS) is 22.0. The molecule has 0 saturated carbocycles. The first-order chi connectivity index (χ1) is 3.97. The molecule has 0 atom stereocenters. The van der Waals surface area contributed by atoms with E-state index in [1.807, 2.05) is 18.2 Å². The summed E-state index contributed by atoms with van der Waals surface area (Å²) in [5, 5.41) is 0. The summed E-state index contributed by atoms with van der Waals surface area (Å²) >= 11 is 0. The van der Waals surface area contributed by atoms with Crippen molar-refractivity contribution in [2.45, 2.75) is 0 Å². The molecule has 0 amide bonds. The van der Waals surface area contributed by atoms with Gasteiger partial charge >= 0.3 is 0 Å². The predicted molar refractivity (Wildman–Crippen MR) is 30.6 cm³/mol. The number of hydrogen-bond acceptors (Lipinski definition) is 2. The van der Waals surface area contributed by atoms with Gasteiger partial charge in [0.15, 0.2) is 6.73 Å². The van der Waals surface area contributed by atoms with Gasteiger partial charge in [0.25, 0.3) is 0 Å². The van der Waals surface area contributed by atoms with Crippen molar-refractivity contribution in [3.8, 4) is 0 Å². The predicted octanol–water partition coefficient (Wildman–Crippen LogP) is 0.869. The average molecular weight is 107 g/mol. The van der Waals surface area contributed by atoms with E-state index < -0.39 is 0 Å². The summed E-state index contributed by atoms with van der Waals surface area (Å²) in [5.41, 5.74) is 0.991. The Morgan fingerprint density at radius 2 is 2.62 bits per heavy atom. The Morgan fingerprint density at radius 3 is 3.50 bits per heavy atom. The first-order valence-electron chi connectivity index (χ1n) is 2.53. The first-order valence-corrected chi connectivity index (χ1v) is 2.53. The van der Waals surface area contributed by atoms with Crippen LogP contribution >= 0.6 is 0 Å². The van der Waals surface area contributed by atoms with Crippen LogP contribution in [0.1, 0.15) is 0 Å². The fourth-order valence-corrected chi connectivity index (χ4v) is 0.818. The number of ether oxygens (including phenoxy) is 1. The third-order valence-corrected chi connectivity index (χ3v) is 1.21. The van der Waals surface area contributed by atoms with Gasteiger partial charge in [0, 0.05) is 0 Å². The van der Waals surface area contributed by atoms with Crippen molar-refractivity contribution >= 4 is 5.71 Å². The van der Waals surface area contributed by atoms with Crippen LogP contribution in [0.4, 0.5) is 0 Å². The number of aliphatic imine (C=N–C) groups is 1. The molecule has 0 aromatic rings. The lowest BCUT2D eigenvalue weighted by molar-refractivity contribution is 0.262. The van der Waals surface area contributed by atoms with Crippen molar-refractivity contribution in [1.29, 1.82) is 0 Å². The molecule has 0 aromatic heterocycles. The number of hydrogen-bond donors (Lipinski definition) is 0. The Hall–Kier alpha value is -1.05. The van der Waals surface area contributed by atoms with Gasteiger partial charge in [-0.2, -0.15) is 0 Å². The van der Waals surface area contributed by atoms with Crippen molar-refractivity contribution in [2.75, 3.05) is 6.73 Å². The van der Waals surface area contributed by atoms with Gasteiger partial charge in [-0.1, -0.05) is 6.08 Å². The number of rotatable bonds is 0. The van der Waals surface area contributed by atoms with Gasteiger partial charge in [-0.3, -0.25) is 0 Å². The molecule has 1 heterocycles. The largest absolute Gasteiger partial charge is 0.469 e. The van der Waals surface area contributed by atoms with E-state index in [1.54, 1.807) is 0 Å². The van der Waals surface area contributed by atoms with Crippen molar-refractivity contribution in [3.63, 3.8) is 0 Å². The highest BCUT2D eigenvalue weighted by atomic mass is 16.5. The fraction of sp³-hybridized carbons (Fsp3) is 0.167. The van der Waals surface area contributed by atoms with Gasteiger partial charge in [0.05, 0.1) is 0 Å². The molecule has 1 aliphatic carbocycles. The van der Waals surface area contributed by atoms with Crippen LogP contribution in [0.2, 0.25) is 0 Å². The molecule has 8 heavy (non-hydrogen) atoms. The zero-order valence-electron chi connectivity index (χ0n) is 4.29. The summed E-state index contributed by atoms with van der Waals surface area (Å²) < 4.78 is 5.07. The molecule has 2 rings (SSSR count). The standard InChI is InChI=1S/C6H5NO/c1-2-5-6(3-1)8-4-7-5/h1-3H,4H2. The fourth-order valence-electron chi connectivity index (χ4n) is 0.818. The monoisotopic (exact) mass is 107 g/mol. The van der Waals surface area contributed by atoms with Gasteiger partial charge < -0.3 is 4.74 Å². The van der Waals surface area contributed by atoms with Gasteiger partial charge in [-0.05, 0) is 12.2 Å². The van der Waals surface area contributed by atoms with Crippen LogP contribution < -0.4 is 0 Å². The van der Waals surface area contributed by atoms with Crippen LogP contribution in [0.3, 0.4) is 0 Å². The molecule has 2 heteroatoms. The lowest BCUT2D eigenvalue weighted by atomic mass is 10.4. The number of allylic oxidation sites excluding steroid dienone is 3. The summed E-state index contributed by atoms with van der Waals surface area (Å²) in [5.74, 6) is 0.921. The van der Waals surface area contributed by atoms with E-state index in [4.69, 9.17) is 4.74 Å². The summed E-state index contributed by atoms with van der Waals surface area (Å²) in [6.45, 7) is 0.505. The van der Waals surface area contributed by atoms with Crippen LogP contribution in [0, 0.1) is 0 Å². The molecule has 40 valence electrons. The van der Waals surface area contributed by atoms with E-state index in [2.05, 4.69) is 4.99 Å². The summed E-state index contributed by atoms with van der Waals surface area (Å²) in [4.78, 5) is 4.04. The zero-order chi connectivity index (χ0) is 5.40. The van der Waals surface area contributed by atoms with Crippen LogP contribution in [-0.4, -0.2) is 12.4 Å². The summed E-state index contributed by atoms with van der Waals surface area (Å²) in [6, 6.07) is 0. The highest BCUT2D eigenvalue weighted by Crippen LogP contribution is 2.14. The highest BCUT2D eigenvalue weighted by Gasteiger charge is 2.13. The highest BCUT2D eigenvalue weighted by molar-refractivity contribution is 6.10. The smallest absolute Gasteiger partial charge is 0.180 e. The molecule has 0 N–H and O–H groups in total. The SMILES string of the molecule is C1=CC2=NCOC2=C1. The second-order valence-electron chi connectivity index (χ2n) is 1.71. The minimum Gasteiger partial charge on any atom is -0.469 e. The molecule has 0 unspecified atom stereocenters. The number of nitrogens with zero attached hydrogens (tertiary/aromatic N) is 1. The van der Waals surface area contributed by atoms with E-state index >= 15 is 0 Å². The van der Waals surface area contributed by atoms with Crippen LogP contribution in [0.25, 0.3) is 0 Å². The topological polar surface area (TPSA) is 21.6 Å². The van der Waals surface area contributed by atoms with E-state index in [9.17, 15) is 0 Å². The van der Waals surface area contributed by atoms with Gasteiger partial charge in [0.1, 0.15) is 11.5 Å². The van der Waals surface area contributed by atoms with E-state index in [1.165, 1.54) is 0 Å². The molecule has 0 radical (unpaired) electrons.